The fourth-order valence-corrected chi connectivity index (χ4v) is 2.19. The van der Waals surface area contributed by atoms with E-state index in [2.05, 4.69) is 0 Å². The van der Waals surface area contributed by atoms with E-state index in [0.29, 0.717) is 19.6 Å². The van der Waals surface area contributed by atoms with Crippen LogP contribution in [0.3, 0.4) is 0 Å². The third kappa shape index (κ3) is 1.79. The van der Waals surface area contributed by atoms with Gasteiger partial charge in [-0.15, -0.1) is 0 Å². The predicted octanol–water partition coefficient (Wildman–Crippen LogP) is -0.350. The van der Waals surface area contributed by atoms with Crippen LogP contribution in [-0.2, 0) is 14.2 Å². The molecule has 5 heteroatoms. The molecule has 0 aliphatic carbocycles. The van der Waals surface area contributed by atoms with Crippen LogP contribution in [0.4, 0.5) is 0 Å². The molecule has 0 bridgehead atoms. The highest BCUT2D eigenvalue weighted by Gasteiger charge is 2.54. The summed E-state index contributed by atoms with van der Waals surface area (Å²) in [6, 6.07) is 0. The van der Waals surface area contributed by atoms with Crippen LogP contribution in [0, 0.1) is 0 Å². The molecule has 5 nitrogen and oxygen atoms in total. The van der Waals surface area contributed by atoms with Gasteiger partial charge in [0.1, 0.15) is 11.7 Å². The zero-order valence-electron chi connectivity index (χ0n) is 9.10. The van der Waals surface area contributed by atoms with Crippen molar-refractivity contribution in [3.8, 4) is 0 Å². The highest BCUT2D eigenvalue weighted by Crippen LogP contribution is 2.37. The Morgan fingerprint density at radius 3 is 2.47 bits per heavy atom. The molecule has 1 unspecified atom stereocenters. The standard InChI is InChI=1S/C10H18O5/c1-9(2)14-5-8(15-9)10(6-11)7(12)3-4-13-10/h7-8,11-12H,3-6H2,1-2H3/t7-,8?,10-/m1/s1. The Balaban J connectivity index is 2.14. The molecule has 0 radical (unpaired) electrons. The Labute approximate surface area is 88.9 Å². The van der Waals surface area contributed by atoms with Crippen molar-refractivity contribution in [2.24, 2.45) is 0 Å². The van der Waals surface area contributed by atoms with Crippen LogP contribution in [0.5, 0.6) is 0 Å². The zero-order valence-corrected chi connectivity index (χ0v) is 9.10. The van der Waals surface area contributed by atoms with Gasteiger partial charge in [-0.25, -0.2) is 0 Å². The van der Waals surface area contributed by atoms with Crippen molar-refractivity contribution < 1.29 is 24.4 Å². The summed E-state index contributed by atoms with van der Waals surface area (Å²) >= 11 is 0. The third-order valence-corrected chi connectivity index (χ3v) is 3.13. The van der Waals surface area contributed by atoms with E-state index in [4.69, 9.17) is 14.2 Å². The molecular formula is C10H18O5. The molecule has 0 aromatic carbocycles. The molecule has 2 rings (SSSR count). The van der Waals surface area contributed by atoms with Crippen LogP contribution in [0.25, 0.3) is 0 Å². The van der Waals surface area contributed by atoms with Gasteiger partial charge in [0, 0.05) is 0 Å². The van der Waals surface area contributed by atoms with E-state index in [1.807, 2.05) is 0 Å². The molecule has 15 heavy (non-hydrogen) atoms. The van der Waals surface area contributed by atoms with Gasteiger partial charge in [0.05, 0.1) is 25.9 Å². The molecule has 0 aromatic heterocycles. The van der Waals surface area contributed by atoms with Gasteiger partial charge in [-0.1, -0.05) is 0 Å². The summed E-state index contributed by atoms with van der Waals surface area (Å²) < 4.78 is 16.5. The van der Waals surface area contributed by atoms with E-state index >= 15 is 0 Å². The maximum atomic E-state index is 9.85. The Morgan fingerprint density at radius 2 is 2.07 bits per heavy atom. The highest BCUT2D eigenvalue weighted by atomic mass is 16.8. The molecule has 2 aliphatic heterocycles. The number of hydrogen-bond donors (Lipinski definition) is 2. The van der Waals surface area contributed by atoms with Crippen molar-refractivity contribution in [3.05, 3.63) is 0 Å². The zero-order chi connectivity index (χ0) is 11.1. The lowest BCUT2D eigenvalue weighted by molar-refractivity contribution is -0.198. The van der Waals surface area contributed by atoms with Gasteiger partial charge in [-0.2, -0.15) is 0 Å². The van der Waals surface area contributed by atoms with Crippen molar-refractivity contribution in [2.45, 2.75) is 43.9 Å². The average molecular weight is 218 g/mol. The van der Waals surface area contributed by atoms with Gasteiger partial charge in [0.25, 0.3) is 0 Å². The lowest BCUT2D eigenvalue weighted by atomic mass is 9.91. The largest absolute Gasteiger partial charge is 0.393 e. The van der Waals surface area contributed by atoms with Crippen molar-refractivity contribution in [1.29, 1.82) is 0 Å². The lowest BCUT2D eigenvalue weighted by Crippen LogP contribution is -2.54. The van der Waals surface area contributed by atoms with Crippen LogP contribution < -0.4 is 0 Å². The summed E-state index contributed by atoms with van der Waals surface area (Å²) in [6.07, 6.45) is -0.569. The molecule has 2 aliphatic rings. The van der Waals surface area contributed by atoms with Crippen LogP contribution in [0.15, 0.2) is 0 Å². The fourth-order valence-electron chi connectivity index (χ4n) is 2.19. The van der Waals surface area contributed by atoms with E-state index in [9.17, 15) is 10.2 Å². The minimum Gasteiger partial charge on any atom is -0.393 e. The summed E-state index contributed by atoms with van der Waals surface area (Å²) in [6.45, 7) is 4.14. The number of ether oxygens (including phenoxy) is 3. The first kappa shape index (κ1) is 11.3. The van der Waals surface area contributed by atoms with E-state index in [0.717, 1.165) is 0 Å². The second-order valence-electron chi connectivity index (χ2n) is 4.58. The Morgan fingerprint density at radius 1 is 1.33 bits per heavy atom. The Kier molecular flexibility index (Phi) is 2.77. The topological polar surface area (TPSA) is 68.2 Å². The minimum atomic E-state index is -1.01. The smallest absolute Gasteiger partial charge is 0.163 e. The van der Waals surface area contributed by atoms with Crippen molar-refractivity contribution in [1.82, 2.24) is 0 Å². The summed E-state index contributed by atoms with van der Waals surface area (Å²) in [5.74, 6) is -0.668. The van der Waals surface area contributed by atoms with E-state index in [1.165, 1.54) is 0 Å². The van der Waals surface area contributed by atoms with Gasteiger partial charge in [0.15, 0.2) is 5.79 Å². The SMILES string of the molecule is CC1(C)OCC([C@]2(CO)OCC[C@H]2O)O1. The second kappa shape index (κ2) is 3.68. The number of aliphatic hydroxyl groups excluding tert-OH is 2. The van der Waals surface area contributed by atoms with E-state index in [1.54, 1.807) is 13.8 Å². The third-order valence-electron chi connectivity index (χ3n) is 3.13. The number of aliphatic hydroxyl groups is 2. The maximum Gasteiger partial charge on any atom is 0.163 e. The molecule has 2 fully saturated rings. The van der Waals surface area contributed by atoms with Gasteiger partial charge in [0.2, 0.25) is 0 Å². The minimum absolute atomic E-state index is 0.252. The maximum absolute atomic E-state index is 9.85. The summed E-state index contributed by atoms with van der Waals surface area (Å²) in [5, 5.41) is 19.2. The second-order valence-corrected chi connectivity index (χ2v) is 4.58. The average Bonchev–Trinajstić information content (AvgIpc) is 2.70. The predicted molar refractivity (Wildman–Crippen MR) is 51.3 cm³/mol. The van der Waals surface area contributed by atoms with Gasteiger partial charge in [-0.05, 0) is 20.3 Å². The number of hydrogen-bond acceptors (Lipinski definition) is 5. The highest BCUT2D eigenvalue weighted by molar-refractivity contribution is 5.01. The van der Waals surface area contributed by atoms with Crippen molar-refractivity contribution >= 4 is 0 Å². The van der Waals surface area contributed by atoms with Crippen LogP contribution in [0.1, 0.15) is 20.3 Å². The summed E-state index contributed by atoms with van der Waals surface area (Å²) in [7, 11) is 0. The first-order chi connectivity index (χ1) is 7.00. The molecule has 88 valence electrons. The van der Waals surface area contributed by atoms with Crippen molar-refractivity contribution in [2.75, 3.05) is 19.8 Å². The molecule has 2 N–H and O–H groups in total. The monoisotopic (exact) mass is 218 g/mol. The van der Waals surface area contributed by atoms with Gasteiger partial charge < -0.3 is 24.4 Å². The van der Waals surface area contributed by atoms with E-state index < -0.39 is 23.6 Å². The molecule has 0 spiro atoms. The molecule has 0 saturated carbocycles. The summed E-state index contributed by atoms with van der Waals surface area (Å²) in [4.78, 5) is 0. The fraction of sp³-hybridized carbons (Fsp3) is 1.00. The quantitative estimate of drug-likeness (QED) is 0.663. The van der Waals surface area contributed by atoms with Gasteiger partial charge in [-0.3, -0.25) is 0 Å². The lowest BCUT2D eigenvalue weighted by Gasteiger charge is -2.34. The van der Waals surface area contributed by atoms with Crippen LogP contribution in [0.2, 0.25) is 0 Å². The molecule has 2 saturated heterocycles. The molecular weight excluding hydrogens is 200 g/mol. The first-order valence-corrected chi connectivity index (χ1v) is 5.25. The molecule has 3 atom stereocenters. The normalized spacial score (nSPS) is 44.8. The Hall–Kier alpha value is -0.200. The van der Waals surface area contributed by atoms with Crippen molar-refractivity contribution in [3.63, 3.8) is 0 Å². The first-order valence-electron chi connectivity index (χ1n) is 5.25. The van der Waals surface area contributed by atoms with Crippen LogP contribution in [-0.4, -0.2) is 53.6 Å². The molecule has 2 heterocycles. The molecule has 0 aromatic rings. The van der Waals surface area contributed by atoms with E-state index in [-0.39, 0.29) is 6.61 Å². The van der Waals surface area contributed by atoms with Crippen LogP contribution >= 0.6 is 0 Å². The van der Waals surface area contributed by atoms with Gasteiger partial charge >= 0.3 is 0 Å². The molecule has 0 amide bonds. The Bertz CT molecular complexity index is 242. The number of rotatable bonds is 2. The summed E-state index contributed by atoms with van der Waals surface area (Å²) in [5.41, 5.74) is -1.01.